The van der Waals surface area contributed by atoms with Crippen LogP contribution in [0.2, 0.25) is 10.0 Å². The SMILES string of the molecule is CC(C)(C)OC(=O)CCOC[C@@H]1CCCN1c1cc(-n2ccnn2)c2ccc(Cl)c(Cl)c2n1. The van der Waals surface area contributed by atoms with Crippen LogP contribution < -0.4 is 4.90 Å². The first-order valence-electron chi connectivity index (χ1n) is 10.9. The van der Waals surface area contributed by atoms with Gasteiger partial charge in [0, 0.05) is 18.0 Å². The molecule has 1 aromatic carbocycles. The average Bonchev–Trinajstić information content (AvgIpc) is 3.44. The molecule has 8 nitrogen and oxygen atoms in total. The minimum atomic E-state index is -0.493. The number of halogens is 2. The van der Waals surface area contributed by atoms with E-state index in [1.807, 2.05) is 32.9 Å². The van der Waals surface area contributed by atoms with E-state index in [4.69, 9.17) is 37.7 Å². The summed E-state index contributed by atoms with van der Waals surface area (Å²) < 4.78 is 12.9. The van der Waals surface area contributed by atoms with Gasteiger partial charge in [-0.15, -0.1) is 5.10 Å². The van der Waals surface area contributed by atoms with Crippen molar-refractivity contribution in [1.82, 2.24) is 20.0 Å². The third-order valence-corrected chi connectivity index (χ3v) is 6.15. The van der Waals surface area contributed by atoms with Gasteiger partial charge in [-0.25, -0.2) is 9.67 Å². The predicted octanol–water partition coefficient (Wildman–Crippen LogP) is 4.84. The van der Waals surface area contributed by atoms with E-state index in [-0.39, 0.29) is 18.4 Å². The van der Waals surface area contributed by atoms with E-state index in [9.17, 15) is 4.79 Å². The maximum absolute atomic E-state index is 11.9. The number of rotatable bonds is 7. The van der Waals surface area contributed by atoms with Crippen LogP contribution in [-0.4, -0.2) is 57.3 Å². The highest BCUT2D eigenvalue weighted by molar-refractivity contribution is 6.45. The molecule has 2 aromatic heterocycles. The van der Waals surface area contributed by atoms with E-state index in [0.29, 0.717) is 28.8 Å². The standard InChI is InChI=1S/C23H27Cl2N5O3/c1-23(2,3)33-20(31)8-12-32-14-15-5-4-10-29(15)19-13-18(30-11-9-26-28-30)16-6-7-17(24)21(25)22(16)27-19/h6-7,9,11,13,15H,4-5,8,10,12,14H2,1-3H3/t15-/m0/s1. The summed E-state index contributed by atoms with van der Waals surface area (Å²) in [5, 5.41) is 9.78. The number of carbonyl (C=O) groups is 1. The second-order valence-electron chi connectivity index (χ2n) is 9.01. The highest BCUT2D eigenvalue weighted by Gasteiger charge is 2.27. The van der Waals surface area contributed by atoms with Crippen LogP contribution in [0.4, 0.5) is 5.82 Å². The van der Waals surface area contributed by atoms with Crippen LogP contribution in [0.25, 0.3) is 16.6 Å². The minimum absolute atomic E-state index is 0.134. The number of hydrogen-bond acceptors (Lipinski definition) is 7. The van der Waals surface area contributed by atoms with Crippen molar-refractivity contribution >= 4 is 45.9 Å². The first-order valence-corrected chi connectivity index (χ1v) is 11.7. The van der Waals surface area contributed by atoms with Crippen LogP contribution >= 0.6 is 23.2 Å². The smallest absolute Gasteiger partial charge is 0.308 e. The number of ether oxygens (including phenoxy) is 2. The third-order valence-electron chi connectivity index (χ3n) is 5.36. The Labute approximate surface area is 202 Å². The van der Waals surface area contributed by atoms with Gasteiger partial charge in [-0.2, -0.15) is 0 Å². The molecule has 4 rings (SSSR count). The highest BCUT2D eigenvalue weighted by atomic mass is 35.5. The van der Waals surface area contributed by atoms with Crippen LogP contribution in [0, 0.1) is 0 Å². The van der Waals surface area contributed by atoms with E-state index in [1.54, 1.807) is 23.1 Å². The largest absolute Gasteiger partial charge is 0.460 e. The number of nitrogens with zero attached hydrogens (tertiary/aromatic N) is 5. The zero-order valence-electron chi connectivity index (χ0n) is 18.9. The van der Waals surface area contributed by atoms with Crippen LogP contribution in [0.15, 0.2) is 30.6 Å². The van der Waals surface area contributed by atoms with E-state index < -0.39 is 5.60 Å². The summed E-state index contributed by atoms with van der Waals surface area (Å²) in [5.41, 5.74) is 0.943. The Morgan fingerprint density at radius 3 is 2.82 bits per heavy atom. The van der Waals surface area contributed by atoms with Crippen molar-refractivity contribution < 1.29 is 14.3 Å². The molecule has 1 aliphatic rings. The molecule has 0 spiro atoms. The number of anilines is 1. The van der Waals surface area contributed by atoms with Crippen LogP contribution in [-0.2, 0) is 14.3 Å². The molecule has 33 heavy (non-hydrogen) atoms. The van der Waals surface area contributed by atoms with Gasteiger partial charge in [-0.3, -0.25) is 4.79 Å². The van der Waals surface area contributed by atoms with Crippen molar-refractivity contribution in [1.29, 1.82) is 0 Å². The number of fused-ring (bicyclic) bond motifs is 1. The number of pyridine rings is 1. The molecule has 1 saturated heterocycles. The molecule has 0 amide bonds. The quantitative estimate of drug-likeness (QED) is 0.345. The Morgan fingerprint density at radius 2 is 2.09 bits per heavy atom. The Balaban J connectivity index is 1.53. The van der Waals surface area contributed by atoms with Gasteiger partial charge in [0.05, 0.1) is 59.3 Å². The summed E-state index contributed by atoms with van der Waals surface area (Å²) in [4.78, 5) is 19.0. The molecule has 0 N–H and O–H groups in total. The van der Waals surface area contributed by atoms with Crippen LogP contribution in [0.1, 0.15) is 40.0 Å². The fraction of sp³-hybridized carbons (Fsp3) is 0.478. The third kappa shape index (κ3) is 5.57. The number of benzene rings is 1. The van der Waals surface area contributed by atoms with Crippen molar-refractivity contribution in [3.63, 3.8) is 0 Å². The lowest BCUT2D eigenvalue weighted by Crippen LogP contribution is -2.34. The summed E-state index contributed by atoms with van der Waals surface area (Å²) in [5.74, 6) is 0.515. The minimum Gasteiger partial charge on any atom is -0.460 e. The van der Waals surface area contributed by atoms with Gasteiger partial charge in [0.15, 0.2) is 0 Å². The van der Waals surface area contributed by atoms with Gasteiger partial charge >= 0.3 is 5.97 Å². The normalized spacial score (nSPS) is 16.5. The molecule has 176 valence electrons. The number of aromatic nitrogens is 4. The van der Waals surface area contributed by atoms with Crippen LogP contribution in [0.3, 0.4) is 0 Å². The molecule has 0 bridgehead atoms. The molecule has 3 heterocycles. The molecular weight excluding hydrogens is 465 g/mol. The summed E-state index contributed by atoms with van der Waals surface area (Å²) >= 11 is 12.8. The van der Waals surface area contributed by atoms with E-state index in [1.165, 1.54) is 0 Å². The summed E-state index contributed by atoms with van der Waals surface area (Å²) in [6.45, 7) is 7.21. The summed E-state index contributed by atoms with van der Waals surface area (Å²) in [6.07, 6.45) is 5.61. The Bertz CT molecular complexity index is 1130. The van der Waals surface area contributed by atoms with Crippen molar-refractivity contribution in [2.24, 2.45) is 0 Å². The molecule has 1 aliphatic heterocycles. The zero-order chi connectivity index (χ0) is 23.6. The van der Waals surface area contributed by atoms with Crippen molar-refractivity contribution in [2.45, 2.75) is 51.7 Å². The van der Waals surface area contributed by atoms with Crippen LogP contribution in [0.5, 0.6) is 0 Å². The van der Waals surface area contributed by atoms with Gasteiger partial charge in [0.25, 0.3) is 0 Å². The Morgan fingerprint density at radius 1 is 1.27 bits per heavy atom. The topological polar surface area (TPSA) is 82.4 Å². The van der Waals surface area contributed by atoms with Gasteiger partial charge in [-0.1, -0.05) is 28.4 Å². The van der Waals surface area contributed by atoms with Crippen molar-refractivity contribution in [2.75, 3.05) is 24.7 Å². The molecule has 0 aliphatic carbocycles. The number of hydrogen-bond donors (Lipinski definition) is 0. The van der Waals surface area contributed by atoms with E-state index >= 15 is 0 Å². The molecule has 1 fully saturated rings. The summed E-state index contributed by atoms with van der Waals surface area (Å²) in [7, 11) is 0. The molecule has 10 heteroatoms. The average molecular weight is 492 g/mol. The fourth-order valence-corrected chi connectivity index (χ4v) is 4.31. The lowest BCUT2D eigenvalue weighted by molar-refractivity contribution is -0.156. The molecule has 0 unspecified atom stereocenters. The molecule has 0 saturated carbocycles. The maximum Gasteiger partial charge on any atom is 0.308 e. The highest BCUT2D eigenvalue weighted by Crippen LogP contribution is 2.36. The second-order valence-corrected chi connectivity index (χ2v) is 9.79. The van der Waals surface area contributed by atoms with E-state index in [0.717, 1.165) is 36.3 Å². The van der Waals surface area contributed by atoms with Gasteiger partial charge in [0.2, 0.25) is 0 Å². The molecule has 0 radical (unpaired) electrons. The van der Waals surface area contributed by atoms with Gasteiger partial charge in [0.1, 0.15) is 11.4 Å². The Kier molecular flexibility index (Phi) is 7.07. The molecular formula is C23H27Cl2N5O3. The maximum atomic E-state index is 11.9. The predicted molar refractivity (Wildman–Crippen MR) is 128 cm³/mol. The summed E-state index contributed by atoms with van der Waals surface area (Å²) in [6, 6.07) is 5.76. The number of carbonyl (C=O) groups excluding carboxylic acids is 1. The monoisotopic (exact) mass is 491 g/mol. The van der Waals surface area contributed by atoms with Gasteiger partial charge < -0.3 is 14.4 Å². The second kappa shape index (κ2) is 9.83. The Hall–Kier alpha value is -2.42. The van der Waals surface area contributed by atoms with E-state index in [2.05, 4.69) is 15.2 Å². The molecule has 1 atom stereocenters. The van der Waals surface area contributed by atoms with Crippen molar-refractivity contribution in [3.8, 4) is 5.69 Å². The lowest BCUT2D eigenvalue weighted by Gasteiger charge is -2.27. The number of esters is 1. The first kappa shape index (κ1) is 23.7. The van der Waals surface area contributed by atoms with Crippen molar-refractivity contribution in [3.05, 3.63) is 40.6 Å². The van der Waals surface area contributed by atoms with Gasteiger partial charge in [-0.05, 0) is 45.7 Å². The zero-order valence-corrected chi connectivity index (χ0v) is 20.4. The molecule has 3 aromatic rings. The first-order chi connectivity index (χ1) is 15.7. The lowest BCUT2D eigenvalue weighted by atomic mass is 10.1. The fourth-order valence-electron chi connectivity index (χ4n) is 3.95.